The summed E-state index contributed by atoms with van der Waals surface area (Å²) in [6.07, 6.45) is -3.48. The first kappa shape index (κ1) is 27.7. The van der Waals surface area contributed by atoms with Gasteiger partial charge in [0, 0.05) is 31.2 Å². The highest BCUT2D eigenvalue weighted by Crippen LogP contribution is 2.32. The van der Waals surface area contributed by atoms with Crippen molar-refractivity contribution in [3.8, 4) is 11.4 Å². The van der Waals surface area contributed by atoms with Crippen LogP contribution in [0.25, 0.3) is 22.2 Å². The minimum Gasteiger partial charge on any atom is -0.381 e. The first-order valence-electron chi connectivity index (χ1n) is 11.4. The van der Waals surface area contributed by atoms with Crippen molar-refractivity contribution in [3.05, 3.63) is 80.4 Å². The molecule has 3 heterocycles. The van der Waals surface area contributed by atoms with Crippen LogP contribution >= 0.6 is 0 Å². The summed E-state index contributed by atoms with van der Waals surface area (Å²) in [6, 6.07) is 1.92. The standard InChI is InChI=1S/C24H19F7N6O2/c1-11(35-15-10-34-36-22(38)17(15)24(29,30)31)3-2-5-37-6-4-12-7-14(18(25)19(26)16(12)23(37)39)21-32-8-13(9-33-21)20(27)28/h4,6-11,20H,2-3,5H2,1H3,(H2,35,36,38). The van der Waals surface area contributed by atoms with E-state index in [0.717, 1.165) is 29.2 Å². The van der Waals surface area contributed by atoms with Crippen molar-refractivity contribution in [2.45, 2.75) is 45.0 Å². The molecule has 3 aromatic heterocycles. The van der Waals surface area contributed by atoms with Crippen molar-refractivity contribution in [3.63, 3.8) is 0 Å². The number of anilines is 1. The van der Waals surface area contributed by atoms with Gasteiger partial charge in [0.1, 0.15) is 5.56 Å². The molecular weight excluding hydrogens is 537 g/mol. The quantitative estimate of drug-likeness (QED) is 0.294. The molecule has 4 aromatic rings. The molecule has 1 unspecified atom stereocenters. The van der Waals surface area contributed by atoms with Crippen LogP contribution in [0.4, 0.5) is 36.4 Å². The number of benzene rings is 1. The fraction of sp³-hybridized carbons (Fsp3) is 0.292. The second kappa shape index (κ2) is 10.8. The fourth-order valence-electron chi connectivity index (χ4n) is 4.00. The number of H-pyrrole nitrogens is 1. The Morgan fingerprint density at radius 1 is 1.08 bits per heavy atom. The van der Waals surface area contributed by atoms with Crippen molar-refractivity contribution >= 4 is 16.5 Å². The number of nitrogens with zero attached hydrogens (tertiary/aromatic N) is 4. The molecule has 0 saturated heterocycles. The van der Waals surface area contributed by atoms with Gasteiger partial charge in [-0.3, -0.25) is 9.59 Å². The van der Waals surface area contributed by atoms with Gasteiger partial charge >= 0.3 is 6.18 Å². The molecule has 0 aliphatic heterocycles. The molecule has 0 radical (unpaired) electrons. The van der Waals surface area contributed by atoms with Crippen LogP contribution in [0, 0.1) is 11.6 Å². The number of pyridine rings is 1. The third-order valence-electron chi connectivity index (χ3n) is 5.89. The summed E-state index contributed by atoms with van der Waals surface area (Å²) in [5.41, 5.74) is -5.06. The molecule has 0 saturated carbocycles. The van der Waals surface area contributed by atoms with Gasteiger partial charge < -0.3 is 9.88 Å². The molecule has 0 fully saturated rings. The zero-order chi connectivity index (χ0) is 28.5. The Balaban J connectivity index is 1.51. The van der Waals surface area contributed by atoms with E-state index < -0.39 is 69.2 Å². The highest BCUT2D eigenvalue weighted by atomic mass is 19.4. The van der Waals surface area contributed by atoms with Crippen LogP contribution in [0.3, 0.4) is 0 Å². The molecule has 0 aliphatic carbocycles. The number of aromatic amines is 1. The molecule has 0 spiro atoms. The van der Waals surface area contributed by atoms with Crippen LogP contribution in [0.15, 0.2) is 46.5 Å². The predicted molar refractivity (Wildman–Crippen MR) is 126 cm³/mol. The molecule has 0 bridgehead atoms. The lowest BCUT2D eigenvalue weighted by Crippen LogP contribution is -2.27. The van der Waals surface area contributed by atoms with Crippen LogP contribution in [-0.2, 0) is 12.7 Å². The van der Waals surface area contributed by atoms with Crippen molar-refractivity contribution in [2.24, 2.45) is 0 Å². The first-order valence-corrected chi connectivity index (χ1v) is 11.4. The Labute approximate surface area is 214 Å². The smallest absolute Gasteiger partial charge is 0.381 e. The van der Waals surface area contributed by atoms with Gasteiger partial charge in [0.15, 0.2) is 17.5 Å². The number of nitrogens with one attached hydrogen (secondary N) is 2. The van der Waals surface area contributed by atoms with Gasteiger partial charge in [0.05, 0.1) is 28.4 Å². The number of aryl methyl sites for hydroxylation is 1. The van der Waals surface area contributed by atoms with E-state index in [1.165, 1.54) is 12.3 Å². The molecular formula is C24H19F7N6O2. The third-order valence-corrected chi connectivity index (χ3v) is 5.89. The molecule has 39 heavy (non-hydrogen) atoms. The van der Waals surface area contributed by atoms with Crippen LogP contribution in [0.2, 0.25) is 0 Å². The van der Waals surface area contributed by atoms with Gasteiger partial charge in [0.2, 0.25) is 0 Å². The molecule has 15 heteroatoms. The summed E-state index contributed by atoms with van der Waals surface area (Å²) in [4.78, 5) is 31.8. The number of rotatable bonds is 8. The Hall–Kier alpha value is -4.30. The molecule has 1 atom stereocenters. The highest BCUT2D eigenvalue weighted by molar-refractivity contribution is 5.86. The number of hydrogen-bond donors (Lipinski definition) is 2. The van der Waals surface area contributed by atoms with E-state index in [1.54, 1.807) is 12.0 Å². The minimum atomic E-state index is -4.91. The monoisotopic (exact) mass is 556 g/mol. The number of alkyl halides is 5. The average molecular weight is 556 g/mol. The Bertz CT molecular complexity index is 1620. The Morgan fingerprint density at radius 3 is 2.41 bits per heavy atom. The minimum absolute atomic E-state index is 0.0293. The zero-order valence-corrected chi connectivity index (χ0v) is 20.0. The lowest BCUT2D eigenvalue weighted by atomic mass is 10.1. The van der Waals surface area contributed by atoms with Gasteiger partial charge in [-0.2, -0.15) is 18.3 Å². The van der Waals surface area contributed by atoms with Crippen molar-refractivity contribution < 1.29 is 30.7 Å². The average Bonchev–Trinajstić information content (AvgIpc) is 2.86. The summed E-state index contributed by atoms with van der Waals surface area (Å²) in [6.45, 7) is 1.60. The number of hydrogen-bond acceptors (Lipinski definition) is 6. The number of fused-ring (bicyclic) bond motifs is 1. The van der Waals surface area contributed by atoms with Crippen molar-refractivity contribution in [1.29, 1.82) is 0 Å². The molecule has 2 N–H and O–H groups in total. The maximum Gasteiger partial charge on any atom is 0.423 e. The van der Waals surface area contributed by atoms with E-state index in [9.17, 15) is 40.3 Å². The van der Waals surface area contributed by atoms with Gasteiger partial charge in [0.25, 0.3) is 17.5 Å². The van der Waals surface area contributed by atoms with Crippen LogP contribution in [0.5, 0.6) is 0 Å². The van der Waals surface area contributed by atoms with E-state index in [0.29, 0.717) is 0 Å². The van der Waals surface area contributed by atoms with Gasteiger partial charge in [-0.1, -0.05) is 0 Å². The van der Waals surface area contributed by atoms with E-state index in [-0.39, 0.29) is 30.6 Å². The maximum atomic E-state index is 15.0. The largest absolute Gasteiger partial charge is 0.423 e. The van der Waals surface area contributed by atoms with Gasteiger partial charge in [-0.15, -0.1) is 0 Å². The molecule has 1 aromatic carbocycles. The van der Waals surface area contributed by atoms with E-state index >= 15 is 0 Å². The number of aromatic nitrogens is 5. The van der Waals surface area contributed by atoms with E-state index in [2.05, 4.69) is 20.4 Å². The van der Waals surface area contributed by atoms with E-state index in [4.69, 9.17) is 0 Å². The SMILES string of the molecule is CC(CCCn1ccc2cc(-c3ncc(C(F)F)cn3)c(F)c(F)c2c1=O)Nc1cn[nH]c(=O)c1C(F)(F)F. The summed E-state index contributed by atoms with van der Waals surface area (Å²) >= 11 is 0. The lowest BCUT2D eigenvalue weighted by molar-refractivity contribution is -0.138. The second-order valence-corrected chi connectivity index (χ2v) is 8.64. The zero-order valence-electron chi connectivity index (χ0n) is 20.0. The lowest BCUT2D eigenvalue weighted by Gasteiger charge is -2.18. The molecule has 0 aliphatic rings. The predicted octanol–water partition coefficient (Wildman–Crippen LogP) is 5.06. The fourth-order valence-corrected chi connectivity index (χ4v) is 4.00. The summed E-state index contributed by atoms with van der Waals surface area (Å²) in [5.74, 6) is -3.22. The summed E-state index contributed by atoms with van der Waals surface area (Å²) < 4.78 is 96.0. The van der Waals surface area contributed by atoms with Gasteiger partial charge in [-0.25, -0.2) is 32.6 Å². The molecule has 0 amide bonds. The summed E-state index contributed by atoms with van der Waals surface area (Å²) in [7, 11) is 0. The van der Waals surface area contributed by atoms with Crippen molar-refractivity contribution in [1.82, 2.24) is 24.7 Å². The molecule has 8 nitrogen and oxygen atoms in total. The molecule has 206 valence electrons. The van der Waals surface area contributed by atoms with Crippen LogP contribution < -0.4 is 16.4 Å². The maximum absolute atomic E-state index is 15.0. The Morgan fingerprint density at radius 2 is 1.77 bits per heavy atom. The van der Waals surface area contributed by atoms with Crippen molar-refractivity contribution in [2.75, 3.05) is 5.32 Å². The third kappa shape index (κ3) is 5.76. The highest BCUT2D eigenvalue weighted by Gasteiger charge is 2.37. The normalized spacial score (nSPS) is 12.7. The second-order valence-electron chi connectivity index (χ2n) is 8.64. The molecule has 4 rings (SSSR count). The van der Waals surface area contributed by atoms with Crippen LogP contribution in [0.1, 0.15) is 37.3 Å². The topological polar surface area (TPSA) is 106 Å². The van der Waals surface area contributed by atoms with Crippen LogP contribution in [-0.4, -0.2) is 30.8 Å². The van der Waals surface area contributed by atoms with Gasteiger partial charge in [-0.05, 0) is 37.3 Å². The number of halogens is 7. The first-order chi connectivity index (χ1) is 18.4. The summed E-state index contributed by atoms with van der Waals surface area (Å²) in [5, 5.41) is 7.19. The Kier molecular flexibility index (Phi) is 7.70. The van der Waals surface area contributed by atoms with E-state index in [1.807, 2.05) is 0 Å².